The third kappa shape index (κ3) is 5.85. The van der Waals surface area contributed by atoms with Crippen LogP contribution in [0.4, 0.5) is 4.79 Å². The van der Waals surface area contributed by atoms with E-state index in [9.17, 15) is 19.2 Å². The highest BCUT2D eigenvalue weighted by Gasteiger charge is 2.55. The van der Waals surface area contributed by atoms with Crippen LogP contribution in [0.1, 0.15) is 71.6 Å². The maximum absolute atomic E-state index is 13.8. The lowest BCUT2D eigenvalue weighted by Crippen LogP contribution is -2.54. The lowest BCUT2D eigenvalue weighted by atomic mass is 9.71. The topological polar surface area (TPSA) is 96.5 Å². The molecule has 37 heavy (non-hydrogen) atoms. The van der Waals surface area contributed by atoms with Crippen LogP contribution in [0.5, 0.6) is 0 Å². The largest absolute Gasteiger partial charge is 0.465 e. The summed E-state index contributed by atoms with van der Waals surface area (Å²) >= 11 is 0. The Balaban J connectivity index is 1.47. The van der Waals surface area contributed by atoms with E-state index in [-0.39, 0.29) is 36.9 Å². The first-order valence-corrected chi connectivity index (χ1v) is 14.0. The molecule has 2 atom stereocenters. The van der Waals surface area contributed by atoms with Gasteiger partial charge in [-0.3, -0.25) is 14.4 Å². The second kappa shape index (κ2) is 12.1. The smallest absolute Gasteiger partial charge is 0.409 e. The average molecular weight is 516 g/mol. The van der Waals surface area contributed by atoms with Gasteiger partial charge in [0.05, 0.1) is 13.2 Å². The van der Waals surface area contributed by atoms with Gasteiger partial charge in [-0.1, -0.05) is 17.7 Å². The zero-order valence-corrected chi connectivity index (χ0v) is 22.3. The van der Waals surface area contributed by atoms with Crippen LogP contribution in [0, 0.1) is 11.3 Å². The van der Waals surface area contributed by atoms with Crippen molar-refractivity contribution in [3.8, 4) is 0 Å². The van der Waals surface area contributed by atoms with Crippen molar-refractivity contribution >= 4 is 23.9 Å². The first kappa shape index (κ1) is 27.2. The Morgan fingerprint density at radius 2 is 1.70 bits per heavy atom. The number of allylic oxidation sites excluding steroid dienone is 2. The van der Waals surface area contributed by atoms with Gasteiger partial charge in [0, 0.05) is 50.8 Å². The molecule has 0 aromatic rings. The standard InChI is InChI=1S/C28H41N3O6/c1-3-36-26(34)28-13-8-11-23(28)31(14-12-21-9-6-5-7-10-21)25(33)22(20-28)19-24(32)29-15-17-30(18-16-29)27(35)37-4-2/h9,11,22H,3-8,10,12-20H2,1-2H3/t22-,28+/m1/s1. The Morgan fingerprint density at radius 1 is 0.973 bits per heavy atom. The van der Waals surface area contributed by atoms with Gasteiger partial charge < -0.3 is 24.2 Å². The van der Waals surface area contributed by atoms with Crippen molar-refractivity contribution in [3.63, 3.8) is 0 Å². The maximum atomic E-state index is 13.8. The molecule has 2 aliphatic heterocycles. The lowest BCUT2D eigenvalue weighted by Gasteiger charge is -2.44. The molecule has 0 aromatic heterocycles. The van der Waals surface area contributed by atoms with Gasteiger partial charge in [-0.15, -0.1) is 0 Å². The van der Waals surface area contributed by atoms with Crippen LogP contribution in [0.25, 0.3) is 0 Å². The van der Waals surface area contributed by atoms with E-state index in [1.165, 1.54) is 18.4 Å². The molecule has 2 saturated heterocycles. The molecule has 2 heterocycles. The third-order valence-corrected chi connectivity index (χ3v) is 8.19. The van der Waals surface area contributed by atoms with Crippen molar-refractivity contribution in [2.24, 2.45) is 11.3 Å². The van der Waals surface area contributed by atoms with Crippen LogP contribution in [-0.4, -0.2) is 84.5 Å². The van der Waals surface area contributed by atoms with Gasteiger partial charge in [0.2, 0.25) is 11.8 Å². The molecule has 0 aromatic carbocycles. The Bertz CT molecular complexity index is 952. The predicted molar refractivity (Wildman–Crippen MR) is 137 cm³/mol. The van der Waals surface area contributed by atoms with Gasteiger partial charge in [0.1, 0.15) is 5.41 Å². The molecule has 3 amide bonds. The van der Waals surface area contributed by atoms with Crippen molar-refractivity contribution in [3.05, 3.63) is 23.4 Å². The first-order valence-electron chi connectivity index (χ1n) is 14.0. The summed E-state index contributed by atoms with van der Waals surface area (Å²) in [5, 5.41) is 0. The van der Waals surface area contributed by atoms with Crippen LogP contribution in [0.2, 0.25) is 0 Å². The summed E-state index contributed by atoms with van der Waals surface area (Å²) in [5.74, 6) is -1.03. The van der Waals surface area contributed by atoms with E-state index in [0.29, 0.717) is 52.2 Å². The SMILES string of the molecule is CCOC(=O)N1CCN(C(=O)C[C@@H]2C[C@@]3(C(=O)OCC)CCC=C3N(CCC3=CCCCC3)C2=O)CC1. The maximum Gasteiger partial charge on any atom is 0.409 e. The minimum Gasteiger partial charge on any atom is -0.465 e. The zero-order chi connectivity index (χ0) is 26.4. The number of likely N-dealkylation sites (tertiary alicyclic amines) is 1. The summed E-state index contributed by atoms with van der Waals surface area (Å²) in [4.78, 5) is 57.5. The van der Waals surface area contributed by atoms with E-state index in [4.69, 9.17) is 9.47 Å². The molecule has 2 fully saturated rings. The van der Waals surface area contributed by atoms with Gasteiger partial charge in [-0.2, -0.15) is 0 Å². The van der Waals surface area contributed by atoms with Gasteiger partial charge in [-0.05, 0) is 65.2 Å². The second-order valence-electron chi connectivity index (χ2n) is 10.5. The van der Waals surface area contributed by atoms with Crippen LogP contribution in [0.15, 0.2) is 23.4 Å². The highest BCUT2D eigenvalue weighted by Crippen LogP contribution is 2.51. The molecule has 0 spiro atoms. The van der Waals surface area contributed by atoms with E-state index in [2.05, 4.69) is 6.08 Å². The summed E-state index contributed by atoms with van der Waals surface area (Å²) in [6.07, 6.45) is 11.0. The summed E-state index contributed by atoms with van der Waals surface area (Å²) in [6, 6.07) is 0. The number of fused-ring (bicyclic) bond motifs is 1. The van der Waals surface area contributed by atoms with Gasteiger partial charge in [0.25, 0.3) is 0 Å². The van der Waals surface area contributed by atoms with Crippen LogP contribution in [-0.2, 0) is 23.9 Å². The summed E-state index contributed by atoms with van der Waals surface area (Å²) in [7, 11) is 0. The van der Waals surface area contributed by atoms with Crippen molar-refractivity contribution in [2.45, 2.75) is 71.6 Å². The number of rotatable bonds is 8. The fourth-order valence-corrected chi connectivity index (χ4v) is 6.23. The average Bonchev–Trinajstić information content (AvgIpc) is 3.34. The van der Waals surface area contributed by atoms with Crippen molar-refractivity contribution < 1.29 is 28.7 Å². The number of carbonyl (C=O) groups excluding carboxylic acids is 4. The highest BCUT2D eigenvalue weighted by atomic mass is 16.6. The first-order chi connectivity index (χ1) is 17.9. The Morgan fingerprint density at radius 3 is 2.38 bits per heavy atom. The molecule has 0 radical (unpaired) electrons. The van der Waals surface area contributed by atoms with E-state index in [1.54, 1.807) is 28.5 Å². The number of carbonyl (C=O) groups is 4. The van der Waals surface area contributed by atoms with Crippen molar-refractivity contribution in [1.29, 1.82) is 0 Å². The molecule has 4 aliphatic rings. The number of piperazine rings is 1. The molecule has 0 N–H and O–H groups in total. The molecule has 0 unspecified atom stereocenters. The summed E-state index contributed by atoms with van der Waals surface area (Å²) < 4.78 is 10.6. The Labute approximate surface area is 219 Å². The van der Waals surface area contributed by atoms with Crippen molar-refractivity contribution in [2.75, 3.05) is 45.9 Å². The Kier molecular flexibility index (Phi) is 8.92. The summed E-state index contributed by atoms with van der Waals surface area (Å²) in [6.45, 7) is 6.31. The monoisotopic (exact) mass is 515 g/mol. The molecule has 9 nitrogen and oxygen atoms in total. The number of ether oxygens (including phenoxy) is 2. The summed E-state index contributed by atoms with van der Waals surface area (Å²) in [5.41, 5.74) is 1.29. The number of hydrogen-bond acceptors (Lipinski definition) is 6. The lowest BCUT2D eigenvalue weighted by molar-refractivity contribution is -0.161. The van der Waals surface area contributed by atoms with Crippen LogP contribution >= 0.6 is 0 Å². The highest BCUT2D eigenvalue weighted by molar-refractivity contribution is 5.92. The minimum atomic E-state index is -0.863. The van der Waals surface area contributed by atoms with Gasteiger partial charge in [-0.25, -0.2) is 4.79 Å². The zero-order valence-electron chi connectivity index (χ0n) is 22.3. The number of hydrogen-bond donors (Lipinski definition) is 0. The molecule has 204 valence electrons. The fraction of sp³-hybridized carbons (Fsp3) is 0.714. The van der Waals surface area contributed by atoms with E-state index < -0.39 is 11.3 Å². The number of piperidine rings is 1. The second-order valence-corrected chi connectivity index (χ2v) is 10.5. The normalized spacial score (nSPS) is 25.8. The molecule has 2 aliphatic carbocycles. The van der Waals surface area contributed by atoms with E-state index >= 15 is 0 Å². The number of amides is 3. The number of nitrogens with zero attached hydrogens (tertiary/aromatic N) is 3. The fourth-order valence-electron chi connectivity index (χ4n) is 6.23. The Hall–Kier alpha value is -2.84. The van der Waals surface area contributed by atoms with E-state index in [0.717, 1.165) is 31.4 Å². The van der Waals surface area contributed by atoms with Gasteiger partial charge in [0.15, 0.2) is 0 Å². The van der Waals surface area contributed by atoms with Crippen molar-refractivity contribution in [1.82, 2.24) is 14.7 Å². The van der Waals surface area contributed by atoms with Gasteiger partial charge >= 0.3 is 12.1 Å². The molecule has 9 heteroatoms. The molecular formula is C28H41N3O6. The van der Waals surface area contributed by atoms with Crippen LogP contribution < -0.4 is 0 Å². The quantitative estimate of drug-likeness (QED) is 0.362. The molecular weight excluding hydrogens is 474 g/mol. The van der Waals surface area contributed by atoms with Crippen LogP contribution in [0.3, 0.4) is 0 Å². The molecule has 0 bridgehead atoms. The predicted octanol–water partition coefficient (Wildman–Crippen LogP) is 3.64. The third-order valence-electron chi connectivity index (χ3n) is 8.19. The number of esters is 1. The van der Waals surface area contributed by atoms with E-state index in [1.807, 2.05) is 6.08 Å². The molecule has 4 rings (SSSR count). The molecule has 0 saturated carbocycles. The minimum absolute atomic E-state index is 0.0614.